The number of aromatic nitrogens is 5. The van der Waals surface area contributed by atoms with Gasteiger partial charge < -0.3 is 9.88 Å². The molecule has 2 rings (SSSR count). The Hall–Kier alpha value is -1.90. The highest BCUT2D eigenvalue weighted by Crippen LogP contribution is 2.24. The summed E-state index contributed by atoms with van der Waals surface area (Å²) in [5, 5.41) is 18.5. The van der Waals surface area contributed by atoms with Crippen LogP contribution in [0.15, 0.2) is 9.79 Å². The molecule has 0 radical (unpaired) electrons. The van der Waals surface area contributed by atoms with Crippen LogP contribution in [0, 0.1) is 0 Å². The van der Waals surface area contributed by atoms with E-state index in [2.05, 4.69) is 30.5 Å². The fourth-order valence-corrected chi connectivity index (χ4v) is 1.77. The maximum Gasteiger partial charge on any atom is 0.222 e. The lowest BCUT2D eigenvalue weighted by molar-refractivity contribution is -0.114. The van der Waals surface area contributed by atoms with Crippen molar-refractivity contribution in [2.24, 2.45) is 7.05 Å². The Balaban J connectivity index is 2.42. The number of rotatable bonds is 3. The molecule has 2 aromatic rings. The van der Waals surface area contributed by atoms with Crippen LogP contribution in [0.25, 0.3) is 11.5 Å². The van der Waals surface area contributed by atoms with Crippen molar-refractivity contribution in [2.45, 2.75) is 12.1 Å². The zero-order valence-electron chi connectivity index (χ0n) is 9.46. The Labute approximate surface area is 101 Å². The second-order valence-electron chi connectivity index (χ2n) is 3.21. The maximum atomic E-state index is 11.0. The Morgan fingerprint density at radius 3 is 2.76 bits per heavy atom. The van der Waals surface area contributed by atoms with E-state index in [1.165, 1.54) is 18.7 Å². The second kappa shape index (κ2) is 4.53. The predicted octanol–water partition coefficient (Wildman–Crippen LogP) is 0.545. The minimum Gasteiger partial charge on any atom is -0.306 e. The van der Waals surface area contributed by atoms with Gasteiger partial charge in [0.25, 0.3) is 0 Å². The van der Waals surface area contributed by atoms with Gasteiger partial charge in [-0.1, -0.05) is 11.8 Å². The van der Waals surface area contributed by atoms with Gasteiger partial charge in [-0.15, -0.1) is 10.2 Å². The second-order valence-corrected chi connectivity index (χ2v) is 3.99. The number of carbonyl (C=O) groups is 1. The molecule has 2 aromatic heterocycles. The van der Waals surface area contributed by atoms with E-state index in [1.807, 2.05) is 6.26 Å². The summed E-state index contributed by atoms with van der Waals surface area (Å²) in [4.78, 5) is 11.0. The molecule has 90 valence electrons. The Kier molecular flexibility index (Phi) is 3.09. The van der Waals surface area contributed by atoms with Crippen molar-refractivity contribution in [3.8, 4) is 11.5 Å². The number of anilines is 1. The van der Waals surface area contributed by atoms with Crippen LogP contribution in [0.2, 0.25) is 0 Å². The smallest absolute Gasteiger partial charge is 0.222 e. The van der Waals surface area contributed by atoms with Gasteiger partial charge in [0.2, 0.25) is 11.7 Å². The summed E-state index contributed by atoms with van der Waals surface area (Å²) in [5.41, 5.74) is 0.357. The summed E-state index contributed by atoms with van der Waals surface area (Å²) in [7, 11) is 1.80. The standard InChI is InChI=1S/C8H10N6O2S/c1-4(15)9-6-5(12-16-13-6)7-10-11-8(17-3)14(7)2/h1-3H3,(H,9,13,15). The maximum absolute atomic E-state index is 11.0. The number of hydrogen-bond acceptors (Lipinski definition) is 7. The van der Waals surface area contributed by atoms with Gasteiger partial charge in [0.05, 0.1) is 0 Å². The quantitative estimate of drug-likeness (QED) is 0.798. The van der Waals surface area contributed by atoms with Gasteiger partial charge in [-0.3, -0.25) is 4.79 Å². The molecule has 1 N–H and O–H groups in total. The molecule has 2 heterocycles. The average molecular weight is 254 g/mol. The molecule has 0 saturated carbocycles. The summed E-state index contributed by atoms with van der Waals surface area (Å²) in [6.45, 7) is 1.38. The molecule has 0 atom stereocenters. The van der Waals surface area contributed by atoms with E-state index in [1.54, 1.807) is 11.6 Å². The first-order valence-electron chi connectivity index (χ1n) is 4.67. The van der Waals surface area contributed by atoms with Crippen molar-refractivity contribution in [3.63, 3.8) is 0 Å². The largest absolute Gasteiger partial charge is 0.306 e. The van der Waals surface area contributed by atoms with E-state index in [0.717, 1.165) is 5.16 Å². The molecule has 0 fully saturated rings. The minimum absolute atomic E-state index is 0.237. The van der Waals surface area contributed by atoms with Crippen LogP contribution < -0.4 is 5.32 Å². The van der Waals surface area contributed by atoms with Crippen LogP contribution in [0.5, 0.6) is 0 Å². The van der Waals surface area contributed by atoms with E-state index in [4.69, 9.17) is 0 Å². The molecule has 0 bridgehead atoms. The third-order valence-electron chi connectivity index (χ3n) is 2.01. The molecule has 0 unspecified atom stereocenters. The van der Waals surface area contributed by atoms with Crippen LogP contribution in [-0.4, -0.2) is 37.2 Å². The predicted molar refractivity (Wildman–Crippen MR) is 60.4 cm³/mol. The van der Waals surface area contributed by atoms with Crippen molar-refractivity contribution >= 4 is 23.5 Å². The molecule has 0 aromatic carbocycles. The molecular formula is C8H10N6O2S. The zero-order valence-corrected chi connectivity index (χ0v) is 10.3. The van der Waals surface area contributed by atoms with Crippen LogP contribution in [0.1, 0.15) is 6.92 Å². The first-order chi connectivity index (χ1) is 8.13. The SMILES string of the molecule is CSc1nnc(-c2nonc2NC(C)=O)n1C. The number of nitrogens with zero attached hydrogens (tertiary/aromatic N) is 5. The lowest BCUT2D eigenvalue weighted by atomic mass is 10.4. The van der Waals surface area contributed by atoms with Gasteiger partial charge in [0.1, 0.15) is 0 Å². The van der Waals surface area contributed by atoms with Crippen LogP contribution in [0.3, 0.4) is 0 Å². The molecule has 8 nitrogen and oxygen atoms in total. The molecule has 17 heavy (non-hydrogen) atoms. The molecule has 0 saturated heterocycles. The van der Waals surface area contributed by atoms with Crippen LogP contribution in [0.4, 0.5) is 5.82 Å². The van der Waals surface area contributed by atoms with Crippen LogP contribution >= 0.6 is 11.8 Å². The molecule has 1 amide bonds. The highest BCUT2D eigenvalue weighted by molar-refractivity contribution is 7.98. The number of carbonyl (C=O) groups excluding carboxylic acids is 1. The Bertz CT molecular complexity index is 548. The van der Waals surface area contributed by atoms with E-state index in [-0.39, 0.29) is 11.7 Å². The van der Waals surface area contributed by atoms with E-state index < -0.39 is 0 Å². The average Bonchev–Trinajstić information content (AvgIpc) is 2.84. The van der Waals surface area contributed by atoms with Gasteiger partial charge in [-0.2, -0.15) is 0 Å². The van der Waals surface area contributed by atoms with Gasteiger partial charge in [0.15, 0.2) is 16.7 Å². The van der Waals surface area contributed by atoms with Crippen molar-refractivity contribution in [1.82, 2.24) is 25.1 Å². The van der Waals surface area contributed by atoms with Crippen molar-refractivity contribution in [3.05, 3.63) is 0 Å². The van der Waals surface area contributed by atoms with Crippen LogP contribution in [-0.2, 0) is 11.8 Å². The third kappa shape index (κ3) is 2.13. The van der Waals surface area contributed by atoms with Gasteiger partial charge in [-0.05, 0) is 16.6 Å². The van der Waals surface area contributed by atoms with Crippen molar-refractivity contribution in [2.75, 3.05) is 11.6 Å². The summed E-state index contributed by atoms with van der Waals surface area (Å²) in [5.74, 6) is 0.467. The molecular weight excluding hydrogens is 244 g/mol. The van der Waals surface area contributed by atoms with Gasteiger partial charge in [-0.25, -0.2) is 4.63 Å². The highest BCUT2D eigenvalue weighted by Gasteiger charge is 2.19. The van der Waals surface area contributed by atoms with E-state index in [0.29, 0.717) is 11.5 Å². The number of hydrogen-bond donors (Lipinski definition) is 1. The summed E-state index contributed by atoms with van der Waals surface area (Å²) in [6.07, 6.45) is 1.89. The lowest BCUT2D eigenvalue weighted by Gasteiger charge is -2.00. The van der Waals surface area contributed by atoms with E-state index in [9.17, 15) is 4.79 Å². The Morgan fingerprint density at radius 1 is 1.41 bits per heavy atom. The van der Waals surface area contributed by atoms with E-state index >= 15 is 0 Å². The number of nitrogens with one attached hydrogen (secondary N) is 1. The highest BCUT2D eigenvalue weighted by atomic mass is 32.2. The lowest BCUT2D eigenvalue weighted by Crippen LogP contribution is -2.08. The fraction of sp³-hybridized carbons (Fsp3) is 0.375. The monoisotopic (exact) mass is 254 g/mol. The molecule has 9 heteroatoms. The molecule has 0 spiro atoms. The summed E-state index contributed by atoms with van der Waals surface area (Å²) < 4.78 is 6.34. The third-order valence-corrected chi connectivity index (χ3v) is 2.73. The molecule has 0 aliphatic carbocycles. The zero-order chi connectivity index (χ0) is 12.4. The normalized spacial score (nSPS) is 10.5. The summed E-state index contributed by atoms with van der Waals surface area (Å²) in [6, 6.07) is 0. The molecule has 0 aliphatic rings. The first kappa shape index (κ1) is 11.6. The van der Waals surface area contributed by atoms with Crippen molar-refractivity contribution < 1.29 is 9.42 Å². The molecule has 0 aliphatic heterocycles. The topological polar surface area (TPSA) is 98.7 Å². The summed E-state index contributed by atoms with van der Waals surface area (Å²) >= 11 is 1.46. The van der Waals surface area contributed by atoms with Gasteiger partial charge in [0, 0.05) is 14.0 Å². The van der Waals surface area contributed by atoms with Gasteiger partial charge >= 0.3 is 0 Å². The Morgan fingerprint density at radius 2 is 2.18 bits per heavy atom. The number of amides is 1. The van der Waals surface area contributed by atoms with Crippen molar-refractivity contribution in [1.29, 1.82) is 0 Å². The minimum atomic E-state index is -0.255. The number of thioether (sulfide) groups is 1. The first-order valence-corrected chi connectivity index (χ1v) is 5.90. The fourth-order valence-electron chi connectivity index (χ4n) is 1.28.